The zero-order chi connectivity index (χ0) is 13.1. The standard InChI is InChI=1S/C13H15F2N3/c1-9(12-7-10(14)3-4-13(12)15)16-8-11-5-6-18(2)17-11/h3-7,9,16H,8H2,1-2H3. The summed E-state index contributed by atoms with van der Waals surface area (Å²) in [7, 11) is 1.83. The van der Waals surface area contributed by atoms with Crippen molar-refractivity contribution in [3.05, 3.63) is 53.4 Å². The Hall–Kier alpha value is -1.75. The number of benzene rings is 1. The normalized spacial score (nSPS) is 12.7. The molecule has 0 saturated heterocycles. The largest absolute Gasteiger partial charge is 0.304 e. The van der Waals surface area contributed by atoms with E-state index in [0.717, 1.165) is 17.8 Å². The SMILES string of the molecule is CC(NCc1ccn(C)n1)c1cc(F)ccc1F. The third-order valence-corrected chi connectivity index (χ3v) is 2.78. The third-order valence-electron chi connectivity index (χ3n) is 2.78. The molecule has 0 amide bonds. The van der Waals surface area contributed by atoms with Crippen LogP contribution in [0, 0.1) is 11.6 Å². The van der Waals surface area contributed by atoms with Gasteiger partial charge in [-0.25, -0.2) is 8.78 Å². The first-order chi connectivity index (χ1) is 8.56. The summed E-state index contributed by atoms with van der Waals surface area (Å²) in [5.74, 6) is -0.838. The molecule has 0 aliphatic rings. The average Bonchev–Trinajstić information content (AvgIpc) is 2.75. The second kappa shape index (κ2) is 5.27. The maximum absolute atomic E-state index is 13.5. The van der Waals surface area contributed by atoms with Crippen molar-refractivity contribution in [2.75, 3.05) is 0 Å². The van der Waals surface area contributed by atoms with Crippen molar-refractivity contribution in [2.45, 2.75) is 19.5 Å². The van der Waals surface area contributed by atoms with Crippen LogP contribution in [-0.2, 0) is 13.6 Å². The summed E-state index contributed by atoms with van der Waals surface area (Å²) in [6.07, 6.45) is 1.84. The Balaban J connectivity index is 2.03. The number of halogens is 2. The van der Waals surface area contributed by atoms with Crippen molar-refractivity contribution in [3.63, 3.8) is 0 Å². The fourth-order valence-corrected chi connectivity index (χ4v) is 1.77. The van der Waals surface area contributed by atoms with E-state index in [2.05, 4.69) is 10.4 Å². The Bertz CT molecular complexity index is 537. The van der Waals surface area contributed by atoms with Gasteiger partial charge in [0.15, 0.2) is 0 Å². The summed E-state index contributed by atoms with van der Waals surface area (Å²) in [5, 5.41) is 7.32. The molecule has 0 bridgehead atoms. The quantitative estimate of drug-likeness (QED) is 0.905. The van der Waals surface area contributed by atoms with Crippen LogP contribution >= 0.6 is 0 Å². The molecule has 1 aromatic carbocycles. The molecule has 18 heavy (non-hydrogen) atoms. The number of hydrogen-bond donors (Lipinski definition) is 1. The molecule has 1 N–H and O–H groups in total. The van der Waals surface area contributed by atoms with Gasteiger partial charge in [-0.15, -0.1) is 0 Å². The molecular formula is C13H15F2N3. The second-order valence-electron chi connectivity index (χ2n) is 4.25. The highest BCUT2D eigenvalue weighted by Crippen LogP contribution is 2.18. The number of aromatic nitrogens is 2. The fraction of sp³-hybridized carbons (Fsp3) is 0.308. The minimum atomic E-state index is -0.433. The van der Waals surface area contributed by atoms with Gasteiger partial charge < -0.3 is 5.32 Å². The van der Waals surface area contributed by atoms with Gasteiger partial charge in [-0.1, -0.05) is 0 Å². The van der Waals surface area contributed by atoms with Gasteiger partial charge in [-0.2, -0.15) is 5.10 Å². The molecule has 0 fully saturated rings. The lowest BCUT2D eigenvalue weighted by atomic mass is 10.1. The molecule has 1 atom stereocenters. The first kappa shape index (κ1) is 12.7. The summed E-state index contributed by atoms with van der Waals surface area (Å²) >= 11 is 0. The highest BCUT2D eigenvalue weighted by molar-refractivity contribution is 5.21. The Labute approximate surface area is 104 Å². The van der Waals surface area contributed by atoms with Crippen molar-refractivity contribution in [2.24, 2.45) is 7.05 Å². The van der Waals surface area contributed by atoms with E-state index in [4.69, 9.17) is 0 Å². The summed E-state index contributed by atoms with van der Waals surface area (Å²) in [6.45, 7) is 2.30. The molecular weight excluding hydrogens is 236 g/mol. The topological polar surface area (TPSA) is 29.9 Å². The number of hydrogen-bond acceptors (Lipinski definition) is 2. The second-order valence-corrected chi connectivity index (χ2v) is 4.25. The summed E-state index contributed by atoms with van der Waals surface area (Å²) in [5.41, 5.74) is 1.19. The van der Waals surface area contributed by atoms with Crippen LogP contribution < -0.4 is 5.32 Å². The lowest BCUT2D eigenvalue weighted by Gasteiger charge is -2.14. The van der Waals surface area contributed by atoms with Crippen LogP contribution in [0.4, 0.5) is 8.78 Å². The lowest BCUT2D eigenvalue weighted by Crippen LogP contribution is -2.19. The predicted octanol–water partition coefficient (Wildman–Crippen LogP) is 2.55. The van der Waals surface area contributed by atoms with Gasteiger partial charge in [0.25, 0.3) is 0 Å². The van der Waals surface area contributed by atoms with Crippen molar-refractivity contribution < 1.29 is 8.78 Å². The number of nitrogens with zero attached hydrogens (tertiary/aromatic N) is 2. The number of nitrogens with one attached hydrogen (secondary N) is 1. The molecule has 0 aliphatic carbocycles. The highest BCUT2D eigenvalue weighted by atomic mass is 19.1. The maximum Gasteiger partial charge on any atom is 0.128 e. The Morgan fingerprint density at radius 2 is 2.11 bits per heavy atom. The molecule has 0 aliphatic heterocycles. The van der Waals surface area contributed by atoms with Gasteiger partial charge >= 0.3 is 0 Å². The van der Waals surface area contributed by atoms with Crippen LogP contribution in [0.1, 0.15) is 24.2 Å². The van der Waals surface area contributed by atoms with Crippen molar-refractivity contribution in [1.82, 2.24) is 15.1 Å². The fourth-order valence-electron chi connectivity index (χ4n) is 1.77. The van der Waals surface area contributed by atoms with E-state index in [1.165, 1.54) is 6.07 Å². The summed E-state index contributed by atoms with van der Waals surface area (Å²) < 4.78 is 28.3. The van der Waals surface area contributed by atoms with Crippen LogP contribution in [-0.4, -0.2) is 9.78 Å². The van der Waals surface area contributed by atoms with Crippen molar-refractivity contribution in [3.8, 4) is 0 Å². The minimum Gasteiger partial charge on any atom is -0.304 e. The van der Waals surface area contributed by atoms with Gasteiger partial charge in [0.2, 0.25) is 0 Å². The molecule has 5 heteroatoms. The molecule has 3 nitrogen and oxygen atoms in total. The molecule has 96 valence electrons. The van der Waals surface area contributed by atoms with Crippen LogP contribution in [0.2, 0.25) is 0 Å². The monoisotopic (exact) mass is 251 g/mol. The molecule has 1 aromatic heterocycles. The van der Waals surface area contributed by atoms with E-state index in [-0.39, 0.29) is 6.04 Å². The molecule has 0 saturated carbocycles. The predicted molar refractivity (Wildman–Crippen MR) is 64.8 cm³/mol. The van der Waals surface area contributed by atoms with E-state index < -0.39 is 11.6 Å². The van der Waals surface area contributed by atoms with E-state index in [1.54, 1.807) is 11.6 Å². The summed E-state index contributed by atoms with van der Waals surface area (Å²) in [6, 6.07) is 5.07. The van der Waals surface area contributed by atoms with Crippen molar-refractivity contribution >= 4 is 0 Å². The van der Waals surface area contributed by atoms with Gasteiger partial charge in [0.05, 0.1) is 5.69 Å². The molecule has 2 aromatic rings. The van der Waals surface area contributed by atoms with Gasteiger partial charge in [0, 0.05) is 31.4 Å². The molecule has 0 spiro atoms. The smallest absolute Gasteiger partial charge is 0.128 e. The number of aryl methyl sites for hydroxylation is 1. The minimum absolute atomic E-state index is 0.275. The zero-order valence-electron chi connectivity index (χ0n) is 10.3. The van der Waals surface area contributed by atoms with Gasteiger partial charge in [-0.3, -0.25) is 4.68 Å². The Morgan fingerprint density at radius 3 is 2.78 bits per heavy atom. The highest BCUT2D eigenvalue weighted by Gasteiger charge is 2.11. The summed E-state index contributed by atoms with van der Waals surface area (Å²) in [4.78, 5) is 0. The van der Waals surface area contributed by atoms with Crippen LogP contribution in [0.5, 0.6) is 0 Å². The van der Waals surface area contributed by atoms with Crippen molar-refractivity contribution in [1.29, 1.82) is 0 Å². The van der Waals surface area contributed by atoms with E-state index in [1.807, 2.05) is 19.3 Å². The Morgan fingerprint density at radius 1 is 1.33 bits per heavy atom. The third kappa shape index (κ3) is 2.92. The maximum atomic E-state index is 13.5. The van der Waals surface area contributed by atoms with E-state index in [9.17, 15) is 8.78 Å². The molecule has 0 radical (unpaired) electrons. The molecule has 1 heterocycles. The first-order valence-corrected chi connectivity index (χ1v) is 5.73. The van der Waals surface area contributed by atoms with Crippen LogP contribution in [0.15, 0.2) is 30.5 Å². The van der Waals surface area contributed by atoms with Crippen LogP contribution in [0.25, 0.3) is 0 Å². The van der Waals surface area contributed by atoms with E-state index >= 15 is 0 Å². The number of rotatable bonds is 4. The van der Waals surface area contributed by atoms with Crippen LogP contribution in [0.3, 0.4) is 0 Å². The average molecular weight is 251 g/mol. The first-order valence-electron chi connectivity index (χ1n) is 5.73. The lowest BCUT2D eigenvalue weighted by molar-refractivity contribution is 0.513. The Kier molecular flexibility index (Phi) is 3.72. The molecule has 2 rings (SSSR count). The van der Waals surface area contributed by atoms with E-state index in [0.29, 0.717) is 12.1 Å². The zero-order valence-corrected chi connectivity index (χ0v) is 10.3. The molecule has 1 unspecified atom stereocenters. The van der Waals surface area contributed by atoms with Gasteiger partial charge in [0.1, 0.15) is 11.6 Å². The van der Waals surface area contributed by atoms with Gasteiger partial charge in [-0.05, 0) is 31.2 Å².